The number of fused-ring (bicyclic) bond motifs is 1. The lowest BCUT2D eigenvalue weighted by Gasteiger charge is -2.12. The maximum atomic E-state index is 8.02. The molecule has 2 aromatic carbocycles. The van der Waals surface area contributed by atoms with Crippen LogP contribution in [0.15, 0.2) is 36.4 Å². The molecule has 21 heavy (non-hydrogen) atoms. The SMILES string of the molecule is COc1ccc(-c2cccc3c2C(=N)NC3=N)cc1OC. The van der Waals surface area contributed by atoms with Crippen LogP contribution in [0.3, 0.4) is 0 Å². The molecule has 3 rings (SSSR count). The molecule has 3 N–H and O–H groups in total. The van der Waals surface area contributed by atoms with Gasteiger partial charge in [-0.05, 0) is 23.3 Å². The normalized spacial score (nSPS) is 12.9. The Morgan fingerprint density at radius 2 is 1.57 bits per heavy atom. The Labute approximate surface area is 122 Å². The van der Waals surface area contributed by atoms with Crippen LogP contribution in [0.25, 0.3) is 11.1 Å². The van der Waals surface area contributed by atoms with E-state index in [-0.39, 0.29) is 11.7 Å². The predicted molar refractivity (Wildman–Crippen MR) is 81.8 cm³/mol. The van der Waals surface area contributed by atoms with Gasteiger partial charge in [-0.2, -0.15) is 0 Å². The van der Waals surface area contributed by atoms with E-state index in [0.29, 0.717) is 11.5 Å². The van der Waals surface area contributed by atoms with E-state index in [1.165, 1.54) is 0 Å². The Morgan fingerprint density at radius 3 is 2.29 bits per heavy atom. The molecule has 0 fully saturated rings. The summed E-state index contributed by atoms with van der Waals surface area (Å²) < 4.78 is 10.6. The second-order valence-electron chi connectivity index (χ2n) is 4.67. The van der Waals surface area contributed by atoms with Gasteiger partial charge in [-0.25, -0.2) is 0 Å². The van der Waals surface area contributed by atoms with Gasteiger partial charge < -0.3 is 14.8 Å². The van der Waals surface area contributed by atoms with E-state index >= 15 is 0 Å². The molecule has 1 aliphatic rings. The van der Waals surface area contributed by atoms with Crippen molar-refractivity contribution in [3.63, 3.8) is 0 Å². The number of amidine groups is 2. The lowest BCUT2D eigenvalue weighted by molar-refractivity contribution is 0.355. The molecule has 0 radical (unpaired) electrons. The second-order valence-corrected chi connectivity index (χ2v) is 4.67. The molecule has 106 valence electrons. The van der Waals surface area contributed by atoms with E-state index in [4.69, 9.17) is 20.3 Å². The summed E-state index contributed by atoms with van der Waals surface area (Å²) in [5.41, 5.74) is 3.31. The topological polar surface area (TPSA) is 78.2 Å². The van der Waals surface area contributed by atoms with E-state index in [1.54, 1.807) is 14.2 Å². The number of ether oxygens (including phenoxy) is 2. The fraction of sp³-hybridized carbons (Fsp3) is 0.125. The first-order valence-electron chi connectivity index (χ1n) is 6.46. The van der Waals surface area contributed by atoms with Crippen molar-refractivity contribution in [2.45, 2.75) is 0 Å². The quantitative estimate of drug-likeness (QED) is 0.809. The average Bonchev–Trinajstić information content (AvgIpc) is 2.81. The molecule has 1 aliphatic heterocycles. The summed E-state index contributed by atoms with van der Waals surface area (Å²) >= 11 is 0. The van der Waals surface area contributed by atoms with E-state index < -0.39 is 0 Å². The van der Waals surface area contributed by atoms with Gasteiger partial charge in [0.15, 0.2) is 11.5 Å². The van der Waals surface area contributed by atoms with Gasteiger partial charge >= 0.3 is 0 Å². The monoisotopic (exact) mass is 281 g/mol. The minimum absolute atomic E-state index is 0.250. The zero-order valence-corrected chi connectivity index (χ0v) is 11.8. The van der Waals surface area contributed by atoms with Gasteiger partial charge in [0.25, 0.3) is 0 Å². The summed E-state index contributed by atoms with van der Waals surface area (Å²) in [4.78, 5) is 0. The highest BCUT2D eigenvalue weighted by Crippen LogP contribution is 2.35. The Bertz CT molecular complexity index is 753. The second kappa shape index (κ2) is 4.94. The van der Waals surface area contributed by atoms with Gasteiger partial charge in [-0.3, -0.25) is 10.8 Å². The average molecular weight is 281 g/mol. The predicted octanol–water partition coefficient (Wildman–Crippen LogP) is 2.62. The smallest absolute Gasteiger partial charge is 0.161 e. The number of nitrogens with one attached hydrogen (secondary N) is 3. The van der Waals surface area contributed by atoms with Crippen LogP contribution in [-0.2, 0) is 0 Å². The highest BCUT2D eigenvalue weighted by atomic mass is 16.5. The minimum atomic E-state index is 0.250. The van der Waals surface area contributed by atoms with Crippen molar-refractivity contribution < 1.29 is 9.47 Å². The highest BCUT2D eigenvalue weighted by molar-refractivity contribution is 6.25. The molecule has 0 aromatic heterocycles. The van der Waals surface area contributed by atoms with Crippen LogP contribution in [0.2, 0.25) is 0 Å². The van der Waals surface area contributed by atoms with Crippen LogP contribution in [0.5, 0.6) is 11.5 Å². The van der Waals surface area contributed by atoms with Gasteiger partial charge in [0.05, 0.1) is 14.2 Å². The molecule has 2 aromatic rings. The third-order valence-corrected chi connectivity index (χ3v) is 3.53. The van der Waals surface area contributed by atoms with Gasteiger partial charge in [-0.15, -0.1) is 0 Å². The molecular formula is C16H15N3O2. The summed E-state index contributed by atoms with van der Waals surface area (Å²) in [6, 6.07) is 11.3. The van der Waals surface area contributed by atoms with Crippen LogP contribution in [0.1, 0.15) is 11.1 Å². The number of benzene rings is 2. The first-order chi connectivity index (χ1) is 10.2. The molecule has 0 saturated carbocycles. The summed E-state index contributed by atoms with van der Waals surface area (Å²) in [6.45, 7) is 0. The molecular weight excluding hydrogens is 266 g/mol. The van der Waals surface area contributed by atoms with Gasteiger partial charge in [0.1, 0.15) is 11.7 Å². The third kappa shape index (κ3) is 2.03. The number of hydrogen-bond acceptors (Lipinski definition) is 4. The van der Waals surface area contributed by atoms with Crippen molar-refractivity contribution in [3.05, 3.63) is 47.5 Å². The Balaban J connectivity index is 2.19. The van der Waals surface area contributed by atoms with Crippen molar-refractivity contribution in [2.24, 2.45) is 0 Å². The zero-order valence-electron chi connectivity index (χ0n) is 11.8. The molecule has 0 unspecified atom stereocenters. The van der Waals surface area contributed by atoms with Crippen LogP contribution >= 0.6 is 0 Å². The molecule has 0 spiro atoms. The van der Waals surface area contributed by atoms with E-state index in [0.717, 1.165) is 22.3 Å². The van der Waals surface area contributed by atoms with E-state index in [2.05, 4.69) is 5.32 Å². The van der Waals surface area contributed by atoms with Gasteiger partial charge in [0.2, 0.25) is 0 Å². The Kier molecular flexibility index (Phi) is 3.10. The van der Waals surface area contributed by atoms with Gasteiger partial charge in [0, 0.05) is 11.1 Å². The number of hydrogen-bond donors (Lipinski definition) is 3. The van der Waals surface area contributed by atoms with E-state index in [1.807, 2.05) is 36.4 Å². The highest BCUT2D eigenvalue weighted by Gasteiger charge is 2.24. The molecule has 0 saturated heterocycles. The standard InChI is InChI=1S/C16H15N3O2/c1-20-12-7-6-9(8-13(12)21-2)10-4-3-5-11-14(10)16(18)19-15(11)17/h3-8H,1-2H3,(H3,17,18,19). The van der Waals surface area contributed by atoms with Crippen molar-refractivity contribution in [1.82, 2.24) is 5.32 Å². The Morgan fingerprint density at radius 1 is 0.857 bits per heavy atom. The van der Waals surface area contributed by atoms with Crippen LogP contribution < -0.4 is 14.8 Å². The third-order valence-electron chi connectivity index (χ3n) is 3.53. The van der Waals surface area contributed by atoms with Crippen LogP contribution in [0, 0.1) is 10.8 Å². The molecule has 0 amide bonds. The van der Waals surface area contributed by atoms with E-state index in [9.17, 15) is 0 Å². The molecule has 5 heteroatoms. The molecule has 0 bridgehead atoms. The van der Waals surface area contributed by atoms with Crippen molar-refractivity contribution in [1.29, 1.82) is 10.8 Å². The minimum Gasteiger partial charge on any atom is -0.493 e. The molecule has 0 aliphatic carbocycles. The summed E-state index contributed by atoms with van der Waals surface area (Å²) in [7, 11) is 3.19. The lowest BCUT2D eigenvalue weighted by atomic mass is 9.96. The summed E-state index contributed by atoms with van der Waals surface area (Å²) in [6.07, 6.45) is 0. The fourth-order valence-electron chi connectivity index (χ4n) is 2.53. The van der Waals surface area contributed by atoms with Crippen molar-refractivity contribution >= 4 is 11.7 Å². The summed E-state index contributed by atoms with van der Waals surface area (Å²) in [5, 5.41) is 18.6. The first-order valence-corrected chi connectivity index (χ1v) is 6.46. The molecule has 1 heterocycles. The van der Waals surface area contributed by atoms with Crippen molar-refractivity contribution in [2.75, 3.05) is 14.2 Å². The maximum absolute atomic E-state index is 8.02. The number of rotatable bonds is 3. The van der Waals surface area contributed by atoms with Gasteiger partial charge in [-0.1, -0.05) is 24.3 Å². The zero-order chi connectivity index (χ0) is 15.0. The lowest BCUT2D eigenvalue weighted by Crippen LogP contribution is -2.20. The number of methoxy groups -OCH3 is 2. The maximum Gasteiger partial charge on any atom is 0.161 e. The molecule has 0 atom stereocenters. The largest absolute Gasteiger partial charge is 0.493 e. The summed E-state index contributed by atoms with van der Waals surface area (Å²) in [5.74, 6) is 1.81. The fourth-order valence-corrected chi connectivity index (χ4v) is 2.53. The van der Waals surface area contributed by atoms with Crippen molar-refractivity contribution in [3.8, 4) is 22.6 Å². The first kappa shape index (κ1) is 13.2. The molecule has 5 nitrogen and oxygen atoms in total. The van der Waals surface area contributed by atoms with Crippen LogP contribution in [-0.4, -0.2) is 25.9 Å². The van der Waals surface area contributed by atoms with Crippen LogP contribution in [0.4, 0.5) is 0 Å². The Hall–Kier alpha value is -2.82.